The molecule has 1 heterocycles. The molecule has 5 N–H and O–H groups in total. The Labute approximate surface area is 133 Å². The number of hydrogen-bond donors (Lipinski definition) is 4. The topological polar surface area (TPSA) is 118 Å². The summed E-state index contributed by atoms with van der Waals surface area (Å²) in [5.41, 5.74) is 4.66. The molecule has 0 spiro atoms. The number of nitro groups is 1. The highest BCUT2D eigenvalue weighted by Crippen LogP contribution is 2.18. The predicted molar refractivity (Wildman–Crippen MR) is 89.7 cm³/mol. The summed E-state index contributed by atoms with van der Waals surface area (Å²) in [6, 6.07) is 0. The number of nitrogens with two attached hydrogens (primary N) is 1. The Hall–Kier alpha value is -1.81. The Balaban J connectivity index is 3.30. The summed E-state index contributed by atoms with van der Waals surface area (Å²) in [6.07, 6.45) is 0.858. The number of aliphatic imine (C=N–C) groups is 1. The van der Waals surface area contributed by atoms with Crippen molar-refractivity contribution in [2.45, 2.75) is 25.9 Å². The van der Waals surface area contributed by atoms with Crippen molar-refractivity contribution in [3.8, 4) is 0 Å². The second-order valence-electron chi connectivity index (χ2n) is 4.42. The predicted octanol–water partition coefficient (Wildman–Crippen LogP) is 0.0251. The molecule has 0 saturated carbocycles. The maximum Gasteiger partial charge on any atom is 0.329 e. The van der Waals surface area contributed by atoms with Crippen LogP contribution in [0.4, 0.5) is 0 Å². The Kier molecular flexibility index (Phi) is 5.55. The van der Waals surface area contributed by atoms with Crippen molar-refractivity contribution >= 4 is 40.2 Å². The first-order valence-corrected chi connectivity index (χ1v) is 7.08. The smallest absolute Gasteiger partial charge is 0.329 e. The summed E-state index contributed by atoms with van der Waals surface area (Å²) in [4.78, 5) is 14.9. The van der Waals surface area contributed by atoms with E-state index in [0.29, 0.717) is 11.5 Å². The van der Waals surface area contributed by atoms with Crippen LogP contribution in [0.25, 0.3) is 0 Å². The zero-order valence-corrected chi connectivity index (χ0v) is 13.7. The van der Waals surface area contributed by atoms with Crippen LogP contribution in [0.5, 0.6) is 0 Å². The monoisotopic (exact) mass is 330 g/mol. The molecule has 0 aromatic rings. The second-order valence-corrected chi connectivity index (χ2v) is 5.27. The van der Waals surface area contributed by atoms with Crippen molar-refractivity contribution in [3.05, 3.63) is 21.5 Å². The zero-order chi connectivity index (χ0) is 16.2. The molecule has 1 aliphatic rings. The van der Waals surface area contributed by atoms with Crippen LogP contribution in [0.15, 0.2) is 16.4 Å². The van der Waals surface area contributed by atoms with Gasteiger partial charge in [0.05, 0.1) is 10.6 Å². The minimum absolute atomic E-state index is 0.0269. The highest BCUT2D eigenvalue weighted by molar-refractivity contribution is 7.82. The highest BCUT2D eigenvalue weighted by atomic mass is 32.1. The number of nitrogens with one attached hydrogen (secondary N) is 3. The minimum atomic E-state index is -1.27. The van der Waals surface area contributed by atoms with Gasteiger partial charge in [0.1, 0.15) is 9.98 Å². The van der Waals surface area contributed by atoms with Gasteiger partial charge in [0.2, 0.25) is 11.5 Å². The third kappa shape index (κ3) is 3.27. The standard InChI is InChI=1S/C11H18N6O2S2/c1-4-5-14-10(21)11(9(12)20)15-6(2)7(17(18)19)8(13-3)16-11/h15H,4-5H2,1-3H3,(H2,12,20)(H,13,16)(H,14,21). The van der Waals surface area contributed by atoms with Crippen LogP contribution in [0, 0.1) is 10.1 Å². The largest absolute Gasteiger partial charge is 0.389 e. The number of hydrogen-bond acceptors (Lipinski definition) is 6. The van der Waals surface area contributed by atoms with Crippen molar-refractivity contribution in [1.29, 1.82) is 0 Å². The van der Waals surface area contributed by atoms with E-state index < -0.39 is 10.6 Å². The van der Waals surface area contributed by atoms with Gasteiger partial charge in [0.25, 0.3) is 0 Å². The molecule has 1 atom stereocenters. The third-order valence-electron chi connectivity index (χ3n) is 2.91. The molecule has 1 rings (SSSR count). The van der Waals surface area contributed by atoms with Crippen molar-refractivity contribution in [2.75, 3.05) is 13.6 Å². The molecule has 21 heavy (non-hydrogen) atoms. The van der Waals surface area contributed by atoms with Gasteiger partial charge in [-0.1, -0.05) is 31.4 Å². The summed E-state index contributed by atoms with van der Waals surface area (Å²) in [6.45, 7) is 4.18. The number of amidine groups is 1. The van der Waals surface area contributed by atoms with Crippen LogP contribution >= 0.6 is 24.4 Å². The van der Waals surface area contributed by atoms with Gasteiger partial charge in [0.15, 0.2) is 0 Å². The Morgan fingerprint density at radius 3 is 2.57 bits per heavy atom. The van der Waals surface area contributed by atoms with E-state index in [1.807, 2.05) is 6.92 Å². The van der Waals surface area contributed by atoms with Crippen LogP contribution in [0.3, 0.4) is 0 Å². The van der Waals surface area contributed by atoms with Gasteiger partial charge in [0, 0.05) is 13.6 Å². The Bertz CT molecular complexity index is 545. The fourth-order valence-corrected chi connectivity index (χ4v) is 2.47. The summed E-state index contributed by atoms with van der Waals surface area (Å²) in [5.74, 6) is 0.0738. The van der Waals surface area contributed by atoms with E-state index in [2.05, 4.69) is 20.9 Å². The van der Waals surface area contributed by atoms with Crippen LogP contribution in [-0.2, 0) is 0 Å². The summed E-state index contributed by atoms with van der Waals surface area (Å²) in [7, 11) is 1.44. The quantitative estimate of drug-likeness (QED) is 0.317. The zero-order valence-electron chi connectivity index (χ0n) is 12.0. The van der Waals surface area contributed by atoms with Gasteiger partial charge in [-0.05, 0) is 13.3 Å². The molecule has 0 aromatic carbocycles. The van der Waals surface area contributed by atoms with E-state index in [1.54, 1.807) is 6.92 Å². The van der Waals surface area contributed by atoms with Crippen LogP contribution in [0.2, 0.25) is 0 Å². The molecule has 0 aromatic heterocycles. The fraction of sp³-hybridized carbons (Fsp3) is 0.545. The molecule has 0 aliphatic carbocycles. The van der Waals surface area contributed by atoms with E-state index in [-0.39, 0.29) is 22.2 Å². The highest BCUT2D eigenvalue weighted by Gasteiger charge is 2.46. The van der Waals surface area contributed by atoms with E-state index in [1.165, 1.54) is 7.05 Å². The van der Waals surface area contributed by atoms with Crippen LogP contribution < -0.4 is 21.7 Å². The van der Waals surface area contributed by atoms with Gasteiger partial charge < -0.3 is 21.7 Å². The van der Waals surface area contributed by atoms with Crippen molar-refractivity contribution < 1.29 is 4.92 Å². The van der Waals surface area contributed by atoms with Gasteiger partial charge in [-0.25, -0.2) is 0 Å². The van der Waals surface area contributed by atoms with Crippen LogP contribution in [-0.4, -0.2) is 40.0 Å². The molecule has 116 valence electrons. The lowest BCUT2D eigenvalue weighted by atomic mass is 10.1. The van der Waals surface area contributed by atoms with E-state index in [4.69, 9.17) is 30.2 Å². The number of allylic oxidation sites excluding steroid dienone is 1. The van der Waals surface area contributed by atoms with Crippen molar-refractivity contribution in [2.24, 2.45) is 10.7 Å². The molecular formula is C11H18N6O2S2. The van der Waals surface area contributed by atoms with Crippen molar-refractivity contribution in [3.63, 3.8) is 0 Å². The number of nitrogens with zero attached hydrogens (tertiary/aromatic N) is 2. The molecule has 1 unspecified atom stereocenters. The lowest BCUT2D eigenvalue weighted by molar-refractivity contribution is -0.417. The van der Waals surface area contributed by atoms with Gasteiger partial charge in [-0.2, -0.15) is 0 Å². The molecule has 10 heteroatoms. The minimum Gasteiger partial charge on any atom is -0.389 e. The first-order chi connectivity index (χ1) is 9.80. The SMILES string of the molecule is CCCNC(=S)C1(C(N)=S)NC(=NC)C([N+](=O)[O-])=C(C)N1. The fourth-order valence-electron chi connectivity index (χ4n) is 1.89. The number of thiocarbonyl (C=S) groups is 2. The summed E-state index contributed by atoms with van der Waals surface area (Å²) >= 11 is 10.4. The molecule has 0 amide bonds. The molecule has 8 nitrogen and oxygen atoms in total. The maximum atomic E-state index is 11.1. The Morgan fingerprint density at radius 2 is 2.14 bits per heavy atom. The third-order valence-corrected chi connectivity index (χ3v) is 3.67. The average molecular weight is 330 g/mol. The summed E-state index contributed by atoms with van der Waals surface area (Å²) < 4.78 is 0. The van der Waals surface area contributed by atoms with E-state index in [9.17, 15) is 10.1 Å². The van der Waals surface area contributed by atoms with E-state index in [0.717, 1.165) is 6.42 Å². The lowest BCUT2D eigenvalue weighted by Gasteiger charge is -2.39. The number of rotatable bonds is 5. The molecule has 0 fully saturated rings. The lowest BCUT2D eigenvalue weighted by Crippen LogP contribution is -2.74. The summed E-state index contributed by atoms with van der Waals surface area (Å²) in [5, 5.41) is 19.9. The average Bonchev–Trinajstić information content (AvgIpc) is 2.42. The van der Waals surface area contributed by atoms with Gasteiger partial charge in [-0.3, -0.25) is 15.1 Å². The molecular weight excluding hydrogens is 312 g/mol. The normalized spacial score (nSPS) is 23.3. The van der Waals surface area contributed by atoms with Crippen molar-refractivity contribution in [1.82, 2.24) is 16.0 Å². The first kappa shape index (κ1) is 17.2. The van der Waals surface area contributed by atoms with Crippen LogP contribution in [0.1, 0.15) is 20.3 Å². The molecule has 0 radical (unpaired) electrons. The van der Waals surface area contributed by atoms with E-state index >= 15 is 0 Å². The molecule has 1 aliphatic heterocycles. The molecule has 0 saturated heterocycles. The molecule has 0 bridgehead atoms. The first-order valence-electron chi connectivity index (χ1n) is 6.27. The maximum absolute atomic E-state index is 11.1. The van der Waals surface area contributed by atoms with Gasteiger partial charge in [-0.15, -0.1) is 0 Å². The van der Waals surface area contributed by atoms with Gasteiger partial charge >= 0.3 is 5.70 Å². The Morgan fingerprint density at radius 1 is 1.52 bits per heavy atom. The second kappa shape index (κ2) is 6.76.